The smallest absolute Gasteiger partial charge is 0.405 e. The lowest BCUT2D eigenvalue weighted by Crippen LogP contribution is -2.59. The Morgan fingerprint density at radius 1 is 1.09 bits per heavy atom. The van der Waals surface area contributed by atoms with Crippen LogP contribution in [-0.4, -0.2) is 96.5 Å². The molecule has 6 rings (SSSR count). The summed E-state index contributed by atoms with van der Waals surface area (Å²) in [6.07, 6.45) is 4.11. The molecule has 288 valence electrons. The van der Waals surface area contributed by atoms with E-state index in [4.69, 9.17) is 14.2 Å². The monoisotopic (exact) mass is 759 g/mol. The first-order chi connectivity index (χ1) is 25.0. The van der Waals surface area contributed by atoms with Gasteiger partial charge in [0.2, 0.25) is 27.7 Å². The maximum Gasteiger partial charge on any atom is 0.405 e. The molecule has 2 aliphatic carbocycles. The van der Waals surface area contributed by atoms with E-state index in [0.717, 1.165) is 0 Å². The van der Waals surface area contributed by atoms with Crippen LogP contribution in [0.4, 0.5) is 9.18 Å². The van der Waals surface area contributed by atoms with Crippen LogP contribution in [0.1, 0.15) is 65.7 Å². The first-order valence-electron chi connectivity index (χ1n) is 17.7. The fourth-order valence-corrected chi connectivity index (χ4v) is 8.75. The molecule has 1 aromatic carbocycles. The van der Waals surface area contributed by atoms with Crippen molar-refractivity contribution in [3.63, 3.8) is 0 Å². The first-order valence-corrected chi connectivity index (χ1v) is 19.2. The standard InChI is InChI=1S/C36H46FN5O10S/c1-19-8-6-7-9-21-17-36(21,33(45)41-53(48,49)35(3)10-11-35)40-31(43)26-13-22(18-42(26)32(44)30(20(2)12-19)39-34(46)47)52-27-16-29(51-5)38-25-15-28(50-4)24(37)14-23(25)27/h7,9,14-16,19-22,26,30,39H,6,8,10-13,17-18H2,1-5H3,(H,40,43)(H,41,45)(H,46,47)/t19-,20-,21-,22-,26+,30+,36-/m1/s1. The third-order valence-corrected chi connectivity index (χ3v) is 13.2. The van der Waals surface area contributed by atoms with E-state index in [9.17, 15) is 37.1 Å². The molecule has 4 N–H and O–H groups in total. The van der Waals surface area contributed by atoms with Gasteiger partial charge in [0.25, 0.3) is 5.91 Å². The number of ether oxygens (including phenoxy) is 3. The zero-order valence-electron chi connectivity index (χ0n) is 30.3. The lowest BCUT2D eigenvalue weighted by molar-refractivity contribution is -0.142. The first kappa shape index (κ1) is 38.1. The number of aromatic nitrogens is 1. The van der Waals surface area contributed by atoms with E-state index >= 15 is 0 Å². The van der Waals surface area contributed by atoms with Gasteiger partial charge in [0.1, 0.15) is 29.5 Å². The average molecular weight is 760 g/mol. The van der Waals surface area contributed by atoms with Crippen LogP contribution < -0.4 is 29.6 Å². The third-order valence-electron chi connectivity index (χ3n) is 11.1. The van der Waals surface area contributed by atoms with Crippen molar-refractivity contribution in [3.05, 3.63) is 36.2 Å². The number of amides is 4. The van der Waals surface area contributed by atoms with Crippen LogP contribution in [0.15, 0.2) is 30.4 Å². The molecule has 2 aromatic rings. The van der Waals surface area contributed by atoms with Gasteiger partial charge in [0.15, 0.2) is 11.6 Å². The normalized spacial score (nSPS) is 29.8. The largest absolute Gasteiger partial charge is 0.494 e. The zero-order valence-corrected chi connectivity index (χ0v) is 31.1. The van der Waals surface area contributed by atoms with Gasteiger partial charge in [-0.25, -0.2) is 22.6 Å². The van der Waals surface area contributed by atoms with E-state index < -0.39 is 80.0 Å². The van der Waals surface area contributed by atoms with Crippen LogP contribution >= 0.6 is 0 Å². The van der Waals surface area contributed by atoms with E-state index in [1.165, 1.54) is 37.3 Å². The molecule has 0 spiro atoms. The highest BCUT2D eigenvalue weighted by molar-refractivity contribution is 7.91. The van der Waals surface area contributed by atoms with Crippen molar-refractivity contribution in [1.82, 2.24) is 25.2 Å². The van der Waals surface area contributed by atoms with Crippen molar-refractivity contribution >= 4 is 44.7 Å². The average Bonchev–Trinajstić information content (AvgIpc) is 3.98. The van der Waals surface area contributed by atoms with Crippen molar-refractivity contribution < 1.29 is 51.3 Å². The molecule has 2 aliphatic heterocycles. The lowest BCUT2D eigenvalue weighted by atomic mass is 9.88. The van der Waals surface area contributed by atoms with Crippen molar-refractivity contribution in [2.75, 3.05) is 20.8 Å². The van der Waals surface area contributed by atoms with Gasteiger partial charge in [0.05, 0.1) is 31.0 Å². The topological polar surface area (TPSA) is 203 Å². The Morgan fingerprint density at radius 2 is 1.83 bits per heavy atom. The number of carbonyl (C=O) groups excluding carboxylic acids is 3. The number of carboxylic acid groups (broad SMARTS) is 1. The van der Waals surface area contributed by atoms with Gasteiger partial charge in [-0.05, 0) is 63.4 Å². The molecule has 4 amide bonds. The van der Waals surface area contributed by atoms with Crippen LogP contribution in [0.25, 0.3) is 10.9 Å². The van der Waals surface area contributed by atoms with Gasteiger partial charge in [0, 0.05) is 29.9 Å². The Bertz CT molecular complexity index is 1960. The third kappa shape index (κ3) is 7.57. The molecular weight excluding hydrogens is 713 g/mol. The van der Waals surface area contributed by atoms with E-state index in [0.29, 0.717) is 37.6 Å². The van der Waals surface area contributed by atoms with Crippen LogP contribution in [0.2, 0.25) is 0 Å². The van der Waals surface area contributed by atoms with E-state index in [-0.39, 0.29) is 48.1 Å². The molecule has 1 saturated heterocycles. The molecule has 3 fully saturated rings. The maximum absolute atomic E-state index is 14.9. The lowest BCUT2D eigenvalue weighted by Gasteiger charge is -2.32. The Kier molecular flexibility index (Phi) is 10.3. The quantitative estimate of drug-likeness (QED) is 0.288. The maximum atomic E-state index is 14.9. The van der Waals surface area contributed by atoms with Gasteiger partial charge in [-0.1, -0.05) is 26.0 Å². The van der Waals surface area contributed by atoms with Gasteiger partial charge in [-0.2, -0.15) is 0 Å². The fourth-order valence-electron chi connectivity index (χ4n) is 7.44. The van der Waals surface area contributed by atoms with Crippen LogP contribution in [-0.2, 0) is 24.4 Å². The summed E-state index contributed by atoms with van der Waals surface area (Å²) < 4.78 is 59.1. The highest BCUT2D eigenvalue weighted by Crippen LogP contribution is 2.48. The summed E-state index contributed by atoms with van der Waals surface area (Å²) in [6.45, 7) is 5.16. The summed E-state index contributed by atoms with van der Waals surface area (Å²) in [5, 5.41) is 15.2. The number of hydrogen-bond acceptors (Lipinski definition) is 10. The van der Waals surface area contributed by atoms with Crippen LogP contribution in [0.5, 0.6) is 17.4 Å². The summed E-state index contributed by atoms with van der Waals surface area (Å²) >= 11 is 0. The van der Waals surface area contributed by atoms with Crippen molar-refractivity contribution in [3.8, 4) is 17.4 Å². The fraction of sp³-hybridized carbons (Fsp3) is 0.583. The Balaban J connectivity index is 1.36. The van der Waals surface area contributed by atoms with E-state index in [2.05, 4.69) is 20.3 Å². The number of halogens is 1. The highest BCUT2D eigenvalue weighted by Gasteiger charge is 2.63. The number of rotatable bonds is 8. The van der Waals surface area contributed by atoms with Gasteiger partial charge < -0.3 is 34.9 Å². The molecule has 15 nitrogen and oxygen atoms in total. The van der Waals surface area contributed by atoms with Crippen molar-refractivity contribution in [1.29, 1.82) is 0 Å². The van der Waals surface area contributed by atoms with Crippen molar-refractivity contribution in [2.45, 2.75) is 94.2 Å². The molecule has 7 atom stereocenters. The number of benzene rings is 1. The molecule has 0 radical (unpaired) electrons. The Morgan fingerprint density at radius 3 is 2.49 bits per heavy atom. The summed E-state index contributed by atoms with van der Waals surface area (Å²) in [5.74, 6) is -3.56. The Hall–Kier alpha value is -4.67. The number of pyridine rings is 1. The molecular formula is C36H46FN5O10S. The summed E-state index contributed by atoms with van der Waals surface area (Å²) in [4.78, 5) is 60.1. The minimum absolute atomic E-state index is 0.0520. The molecule has 1 aromatic heterocycles. The number of nitrogens with one attached hydrogen (secondary N) is 3. The second-order valence-corrected chi connectivity index (χ2v) is 17.3. The van der Waals surface area contributed by atoms with Crippen molar-refractivity contribution in [2.24, 2.45) is 17.8 Å². The molecule has 0 bridgehead atoms. The minimum Gasteiger partial charge on any atom is -0.494 e. The molecule has 2 saturated carbocycles. The molecule has 53 heavy (non-hydrogen) atoms. The number of methoxy groups -OCH3 is 2. The molecule has 3 heterocycles. The SMILES string of the molecule is COc1cc(O[C@@H]2C[C@H]3C(=O)N[C@]4(C(=O)NS(=O)(=O)C5(C)CC5)C[C@H]4C=CCC[C@@H](C)C[C@@H](C)[C@H](NC(=O)O)C(=O)N3C2)c2cc(F)c(OC)cc2n1. The van der Waals surface area contributed by atoms with Gasteiger partial charge >= 0.3 is 6.09 Å². The Labute approximate surface area is 307 Å². The van der Waals surface area contributed by atoms with Gasteiger partial charge in [-0.3, -0.25) is 19.1 Å². The predicted octanol–water partition coefficient (Wildman–Crippen LogP) is 3.26. The van der Waals surface area contributed by atoms with E-state index in [1.807, 2.05) is 19.1 Å². The van der Waals surface area contributed by atoms with Crippen LogP contribution in [0, 0.1) is 23.6 Å². The zero-order chi connectivity index (χ0) is 38.5. The van der Waals surface area contributed by atoms with Crippen LogP contribution in [0.3, 0.4) is 0 Å². The highest BCUT2D eigenvalue weighted by atomic mass is 32.2. The number of carbonyl (C=O) groups is 4. The second-order valence-electron chi connectivity index (χ2n) is 15.1. The number of hydrogen-bond donors (Lipinski definition) is 4. The summed E-state index contributed by atoms with van der Waals surface area (Å²) in [5.41, 5.74) is -1.30. The van der Waals surface area contributed by atoms with E-state index in [1.54, 1.807) is 13.8 Å². The number of nitrogens with zero attached hydrogens (tertiary/aromatic N) is 2. The number of allylic oxidation sites excluding steroid dienone is 1. The minimum atomic E-state index is -4.04. The molecule has 4 aliphatic rings. The number of fused-ring (bicyclic) bond motifs is 3. The summed E-state index contributed by atoms with van der Waals surface area (Å²) in [6, 6.07) is 1.56. The predicted molar refractivity (Wildman–Crippen MR) is 189 cm³/mol. The second kappa shape index (κ2) is 14.3. The number of sulfonamides is 1. The molecule has 17 heteroatoms. The molecule has 0 unspecified atom stereocenters. The van der Waals surface area contributed by atoms with Gasteiger partial charge in [-0.15, -0.1) is 0 Å². The summed E-state index contributed by atoms with van der Waals surface area (Å²) in [7, 11) is -1.32.